The van der Waals surface area contributed by atoms with Crippen molar-refractivity contribution in [2.24, 2.45) is 0 Å². The number of aryl methyl sites for hydroxylation is 2. The van der Waals surface area contributed by atoms with Crippen LogP contribution in [0.5, 0.6) is 0 Å². The number of halogens is 3. The van der Waals surface area contributed by atoms with Crippen LogP contribution in [0.3, 0.4) is 0 Å². The van der Waals surface area contributed by atoms with E-state index in [1.807, 2.05) is 6.92 Å². The van der Waals surface area contributed by atoms with E-state index in [0.717, 1.165) is 36.3 Å². The van der Waals surface area contributed by atoms with Gasteiger partial charge in [-0.05, 0) is 50.5 Å². The molecule has 7 heteroatoms. The van der Waals surface area contributed by atoms with Crippen LogP contribution in [0.1, 0.15) is 47.7 Å². The second-order valence-electron chi connectivity index (χ2n) is 5.96. The number of nitrogens with zero attached hydrogens (tertiary/aromatic N) is 1. The summed E-state index contributed by atoms with van der Waals surface area (Å²) in [5.41, 5.74) is 5.54. The first kappa shape index (κ1) is 16.6. The van der Waals surface area contributed by atoms with Gasteiger partial charge in [-0.25, -0.2) is 0 Å². The van der Waals surface area contributed by atoms with Crippen LogP contribution >= 0.6 is 34.8 Å². The van der Waals surface area contributed by atoms with Gasteiger partial charge in [0.05, 0.1) is 6.61 Å². The molecule has 0 amide bonds. The number of aliphatic hydroxyl groups excluding tert-OH is 1. The first-order chi connectivity index (χ1) is 10.3. The molecule has 2 aliphatic carbocycles. The highest BCUT2D eigenvalue weighted by Crippen LogP contribution is 2.47. The van der Waals surface area contributed by atoms with E-state index in [4.69, 9.17) is 44.5 Å². The number of ether oxygens (including phenoxy) is 1. The second-order valence-corrected chi connectivity index (χ2v) is 8.48. The second kappa shape index (κ2) is 6.33. The Morgan fingerprint density at radius 2 is 2.09 bits per heavy atom. The molecular weight excluding hydrogens is 347 g/mol. The summed E-state index contributed by atoms with van der Waals surface area (Å²) in [6, 6.07) is 0. The van der Waals surface area contributed by atoms with Crippen LogP contribution in [0.15, 0.2) is 0 Å². The van der Waals surface area contributed by atoms with Crippen LogP contribution in [0.25, 0.3) is 0 Å². The third-order valence-electron chi connectivity index (χ3n) is 4.11. The maximum Gasteiger partial charge on any atom is 0.235 e. The quantitative estimate of drug-likeness (QED) is 0.615. The number of rotatable bonds is 5. The zero-order chi connectivity index (χ0) is 15.9. The molecule has 22 heavy (non-hydrogen) atoms. The summed E-state index contributed by atoms with van der Waals surface area (Å²) in [4.78, 5) is 4.74. The molecule has 0 aliphatic heterocycles. The minimum Gasteiger partial charge on any atom is -0.351 e. The predicted molar refractivity (Wildman–Crippen MR) is 88.8 cm³/mol. The zero-order valence-corrected chi connectivity index (χ0v) is 14.6. The highest BCUT2D eigenvalue weighted by atomic mass is 35.6. The van der Waals surface area contributed by atoms with E-state index in [1.54, 1.807) is 0 Å². The minimum atomic E-state index is -1.54. The molecule has 0 radical (unpaired) electrons. The van der Waals surface area contributed by atoms with Crippen molar-refractivity contribution in [1.29, 1.82) is 0 Å². The average Bonchev–Trinajstić information content (AvgIpc) is 3.13. The van der Waals surface area contributed by atoms with Crippen LogP contribution < -0.4 is 5.32 Å². The summed E-state index contributed by atoms with van der Waals surface area (Å²) in [5.74, 6) is 0.529. The summed E-state index contributed by atoms with van der Waals surface area (Å²) in [6.07, 6.45) is 4.18. The summed E-state index contributed by atoms with van der Waals surface area (Å²) in [6.45, 7) is 1.85. The lowest BCUT2D eigenvalue weighted by Gasteiger charge is -2.23. The van der Waals surface area contributed by atoms with Crippen molar-refractivity contribution in [1.82, 2.24) is 4.98 Å². The molecule has 1 atom stereocenters. The van der Waals surface area contributed by atoms with Crippen molar-refractivity contribution in [3.05, 3.63) is 22.5 Å². The van der Waals surface area contributed by atoms with Crippen LogP contribution in [-0.4, -0.2) is 26.9 Å². The molecule has 4 nitrogen and oxygen atoms in total. The van der Waals surface area contributed by atoms with Gasteiger partial charge in [-0.15, -0.1) is 0 Å². The third kappa shape index (κ3) is 3.80. The van der Waals surface area contributed by atoms with Gasteiger partial charge >= 0.3 is 0 Å². The third-order valence-corrected chi connectivity index (χ3v) is 4.44. The Morgan fingerprint density at radius 3 is 2.73 bits per heavy atom. The molecule has 1 aromatic heterocycles. The van der Waals surface area contributed by atoms with Crippen LogP contribution in [0.4, 0.5) is 5.69 Å². The number of anilines is 1. The van der Waals surface area contributed by atoms with Crippen molar-refractivity contribution >= 4 is 40.5 Å². The van der Waals surface area contributed by atoms with E-state index in [9.17, 15) is 5.11 Å². The van der Waals surface area contributed by atoms with Crippen molar-refractivity contribution in [3.8, 4) is 0 Å². The topological polar surface area (TPSA) is 54.4 Å². The van der Waals surface area contributed by atoms with Crippen molar-refractivity contribution in [2.45, 2.75) is 55.2 Å². The first-order valence-corrected chi connectivity index (χ1v) is 8.64. The van der Waals surface area contributed by atoms with Gasteiger partial charge in [-0.2, -0.15) is 0 Å². The number of hydrogen-bond donors (Lipinski definition) is 2. The number of fused-ring (bicyclic) bond motifs is 1. The molecule has 1 aromatic rings. The Kier molecular flexibility index (Phi) is 4.77. The summed E-state index contributed by atoms with van der Waals surface area (Å²) >= 11 is 16.9. The molecule has 2 N–H and O–H groups in total. The van der Waals surface area contributed by atoms with E-state index in [0.29, 0.717) is 5.92 Å². The number of alkyl halides is 3. The molecule has 2 aliphatic rings. The molecule has 1 saturated carbocycles. The van der Waals surface area contributed by atoms with Gasteiger partial charge in [-0.1, -0.05) is 34.8 Å². The average molecular weight is 366 g/mol. The highest BCUT2D eigenvalue weighted by Gasteiger charge is 2.33. The Balaban J connectivity index is 1.83. The molecule has 3 rings (SSSR count). The highest BCUT2D eigenvalue weighted by molar-refractivity contribution is 6.67. The molecule has 1 heterocycles. The number of hydrogen-bond acceptors (Lipinski definition) is 4. The Morgan fingerprint density at radius 1 is 1.36 bits per heavy atom. The van der Waals surface area contributed by atoms with Gasteiger partial charge in [0, 0.05) is 22.6 Å². The molecule has 0 saturated heterocycles. The van der Waals surface area contributed by atoms with Gasteiger partial charge in [0.15, 0.2) is 0 Å². The summed E-state index contributed by atoms with van der Waals surface area (Å²) < 4.78 is 3.65. The van der Waals surface area contributed by atoms with E-state index in [-0.39, 0.29) is 6.61 Å². The van der Waals surface area contributed by atoms with E-state index >= 15 is 0 Å². The predicted octanol–water partition coefficient (Wildman–Crippen LogP) is 3.83. The SMILES string of the molecule is Cc1nc2c(c(NC(O)OCC(Cl)(Cl)Cl)c1C1CC1)CCC2. The van der Waals surface area contributed by atoms with Gasteiger partial charge in [0.1, 0.15) is 0 Å². The number of nitrogens with one attached hydrogen (secondary N) is 1. The number of aliphatic hydroxyl groups is 1. The van der Waals surface area contributed by atoms with E-state index < -0.39 is 10.2 Å². The molecular formula is C15H19Cl3N2O2. The van der Waals surface area contributed by atoms with Crippen LogP contribution in [0.2, 0.25) is 0 Å². The normalized spacial score (nSPS) is 19.1. The summed E-state index contributed by atoms with van der Waals surface area (Å²) in [7, 11) is 0. The molecule has 1 fully saturated rings. The zero-order valence-electron chi connectivity index (χ0n) is 12.3. The monoisotopic (exact) mass is 364 g/mol. The fourth-order valence-electron chi connectivity index (χ4n) is 3.10. The first-order valence-electron chi connectivity index (χ1n) is 7.50. The van der Waals surface area contributed by atoms with Gasteiger partial charge in [0.2, 0.25) is 10.2 Å². The van der Waals surface area contributed by atoms with Gasteiger partial charge in [0.25, 0.3) is 0 Å². The molecule has 122 valence electrons. The molecule has 0 bridgehead atoms. The van der Waals surface area contributed by atoms with Gasteiger partial charge < -0.3 is 15.2 Å². The Bertz CT molecular complexity index is 571. The number of pyridine rings is 1. The van der Waals surface area contributed by atoms with Gasteiger partial charge in [-0.3, -0.25) is 4.98 Å². The minimum absolute atomic E-state index is 0.184. The lowest BCUT2D eigenvalue weighted by Crippen LogP contribution is -2.28. The molecule has 0 aromatic carbocycles. The molecule has 1 unspecified atom stereocenters. The van der Waals surface area contributed by atoms with Crippen molar-refractivity contribution < 1.29 is 9.84 Å². The maximum absolute atomic E-state index is 10.1. The largest absolute Gasteiger partial charge is 0.351 e. The van der Waals surface area contributed by atoms with E-state index in [1.165, 1.54) is 24.0 Å². The number of aromatic nitrogens is 1. The Labute approximate surface area is 145 Å². The molecule has 0 spiro atoms. The van der Waals surface area contributed by atoms with Crippen LogP contribution in [0, 0.1) is 6.92 Å². The van der Waals surface area contributed by atoms with Crippen LogP contribution in [-0.2, 0) is 17.6 Å². The fraction of sp³-hybridized carbons (Fsp3) is 0.667. The standard InChI is InChI=1S/C15H19Cl3N2O2/c1-8-12(9-5-6-9)13(10-3-2-4-11(10)19-8)20-14(21)22-7-15(16,17)18/h9,14,21H,2-7H2,1H3,(H,19,20). The smallest absolute Gasteiger partial charge is 0.235 e. The Hall–Kier alpha value is -0.260. The van der Waals surface area contributed by atoms with E-state index in [2.05, 4.69) is 5.32 Å². The fourth-order valence-corrected chi connectivity index (χ4v) is 3.29. The van der Waals surface area contributed by atoms with Crippen molar-refractivity contribution in [3.63, 3.8) is 0 Å². The summed E-state index contributed by atoms with van der Waals surface area (Å²) in [5, 5.41) is 13.1. The maximum atomic E-state index is 10.1. The van der Waals surface area contributed by atoms with Crippen molar-refractivity contribution in [2.75, 3.05) is 11.9 Å². The lowest BCUT2D eigenvalue weighted by atomic mass is 10.0. The lowest BCUT2D eigenvalue weighted by molar-refractivity contribution is -0.0763.